The van der Waals surface area contributed by atoms with Gasteiger partial charge in [0.2, 0.25) is 0 Å². The van der Waals surface area contributed by atoms with Gasteiger partial charge in [-0.1, -0.05) is 30.1 Å². The smallest absolute Gasteiger partial charge is 0.111 e. The first-order valence-corrected chi connectivity index (χ1v) is 7.75. The van der Waals surface area contributed by atoms with Gasteiger partial charge in [-0.2, -0.15) is 0 Å². The van der Waals surface area contributed by atoms with E-state index in [2.05, 4.69) is 16.5 Å². The van der Waals surface area contributed by atoms with Crippen LogP contribution in [0.1, 0.15) is 12.7 Å². The topological polar surface area (TPSA) is 27.1 Å². The predicted octanol–water partition coefficient (Wildman–Crippen LogP) is 4.41. The SMILES string of the molecule is COCC(C)Cn1c(CCCl)nc2cc(Cl)c(Cl)cc21. The number of nitrogens with zero attached hydrogens (tertiary/aromatic N) is 2. The summed E-state index contributed by atoms with van der Waals surface area (Å²) in [6.45, 7) is 3.65. The predicted molar refractivity (Wildman–Crippen MR) is 85.2 cm³/mol. The second kappa shape index (κ2) is 6.99. The van der Waals surface area contributed by atoms with Gasteiger partial charge in [0, 0.05) is 26.0 Å². The first-order chi connectivity index (χ1) is 9.56. The van der Waals surface area contributed by atoms with Crippen LogP contribution in [0.15, 0.2) is 12.1 Å². The maximum absolute atomic E-state index is 6.12. The Bertz CT molecular complexity index is 598. The number of hydrogen-bond acceptors (Lipinski definition) is 2. The van der Waals surface area contributed by atoms with Gasteiger partial charge in [-0.15, -0.1) is 11.6 Å². The Morgan fingerprint density at radius 1 is 1.30 bits per heavy atom. The van der Waals surface area contributed by atoms with Gasteiger partial charge < -0.3 is 9.30 Å². The molecular weight excluding hydrogens is 319 g/mol. The van der Waals surface area contributed by atoms with E-state index in [1.54, 1.807) is 13.2 Å². The fraction of sp³-hybridized carbons (Fsp3) is 0.500. The molecule has 110 valence electrons. The van der Waals surface area contributed by atoms with Crippen LogP contribution < -0.4 is 0 Å². The monoisotopic (exact) mass is 334 g/mol. The number of imidazole rings is 1. The maximum Gasteiger partial charge on any atom is 0.111 e. The van der Waals surface area contributed by atoms with Gasteiger partial charge in [0.15, 0.2) is 0 Å². The first kappa shape index (κ1) is 15.9. The maximum atomic E-state index is 6.12. The number of halogens is 3. The molecule has 0 radical (unpaired) electrons. The highest BCUT2D eigenvalue weighted by Crippen LogP contribution is 2.29. The molecule has 0 bridgehead atoms. The quantitative estimate of drug-likeness (QED) is 0.731. The van der Waals surface area contributed by atoms with Crippen molar-refractivity contribution in [3.8, 4) is 0 Å². The molecule has 0 spiro atoms. The van der Waals surface area contributed by atoms with Crippen LogP contribution in [0, 0.1) is 5.92 Å². The van der Waals surface area contributed by atoms with Gasteiger partial charge in [0.25, 0.3) is 0 Å². The van der Waals surface area contributed by atoms with E-state index in [0.717, 1.165) is 23.4 Å². The molecule has 2 rings (SSSR count). The highest BCUT2D eigenvalue weighted by molar-refractivity contribution is 6.42. The molecule has 0 aliphatic heterocycles. The van der Waals surface area contributed by atoms with Gasteiger partial charge in [0.05, 0.1) is 27.7 Å². The summed E-state index contributed by atoms with van der Waals surface area (Å²) in [5.41, 5.74) is 1.84. The van der Waals surface area contributed by atoms with Crippen molar-refractivity contribution in [2.75, 3.05) is 19.6 Å². The minimum absolute atomic E-state index is 0.376. The summed E-state index contributed by atoms with van der Waals surface area (Å²) in [4.78, 5) is 4.61. The molecule has 1 atom stereocenters. The number of ether oxygens (including phenoxy) is 1. The number of benzene rings is 1. The van der Waals surface area contributed by atoms with Crippen molar-refractivity contribution < 1.29 is 4.74 Å². The van der Waals surface area contributed by atoms with Crippen molar-refractivity contribution in [3.63, 3.8) is 0 Å². The summed E-state index contributed by atoms with van der Waals surface area (Å²) in [5, 5.41) is 1.06. The molecule has 0 saturated carbocycles. The molecule has 1 aromatic carbocycles. The minimum atomic E-state index is 0.376. The zero-order valence-electron chi connectivity index (χ0n) is 11.5. The summed E-state index contributed by atoms with van der Waals surface area (Å²) >= 11 is 18.0. The largest absolute Gasteiger partial charge is 0.384 e. The van der Waals surface area contributed by atoms with Crippen LogP contribution in [0.2, 0.25) is 10.0 Å². The third-order valence-electron chi connectivity index (χ3n) is 3.13. The molecule has 0 saturated heterocycles. The Labute approximate surface area is 133 Å². The van der Waals surface area contributed by atoms with Crippen molar-refractivity contribution in [3.05, 3.63) is 28.0 Å². The van der Waals surface area contributed by atoms with Gasteiger partial charge in [0.1, 0.15) is 5.82 Å². The zero-order valence-corrected chi connectivity index (χ0v) is 13.8. The molecule has 3 nitrogen and oxygen atoms in total. The van der Waals surface area contributed by atoms with E-state index in [4.69, 9.17) is 39.5 Å². The van der Waals surface area contributed by atoms with Crippen LogP contribution in [0.3, 0.4) is 0 Å². The van der Waals surface area contributed by atoms with Crippen LogP contribution >= 0.6 is 34.8 Å². The number of fused-ring (bicyclic) bond motifs is 1. The molecule has 0 fully saturated rings. The highest BCUT2D eigenvalue weighted by atomic mass is 35.5. The van der Waals surface area contributed by atoms with Crippen LogP contribution in [0.25, 0.3) is 11.0 Å². The second-order valence-corrected chi connectivity index (χ2v) is 6.09. The third-order valence-corrected chi connectivity index (χ3v) is 4.04. The Balaban J connectivity index is 2.47. The number of rotatable bonds is 6. The standard InChI is InChI=1S/C14H17Cl3N2O/c1-9(8-20-2)7-19-13-6-11(17)10(16)5-12(13)18-14(19)3-4-15/h5-6,9H,3-4,7-8H2,1-2H3. The molecule has 1 unspecified atom stereocenters. The Hall–Kier alpha value is -0.480. The summed E-state index contributed by atoms with van der Waals surface area (Å²) in [5.74, 6) is 1.86. The van der Waals surface area contributed by atoms with Crippen molar-refractivity contribution in [1.82, 2.24) is 9.55 Å². The molecule has 0 aliphatic carbocycles. The molecule has 6 heteroatoms. The lowest BCUT2D eigenvalue weighted by Gasteiger charge is -2.14. The second-order valence-electron chi connectivity index (χ2n) is 4.89. The molecule has 1 aromatic heterocycles. The molecule has 20 heavy (non-hydrogen) atoms. The van der Waals surface area contributed by atoms with E-state index in [1.807, 2.05) is 6.07 Å². The zero-order chi connectivity index (χ0) is 14.7. The van der Waals surface area contributed by atoms with Crippen LogP contribution in [-0.2, 0) is 17.7 Å². The molecule has 1 heterocycles. The van der Waals surface area contributed by atoms with Gasteiger partial charge >= 0.3 is 0 Å². The van der Waals surface area contributed by atoms with Crippen LogP contribution in [-0.4, -0.2) is 29.1 Å². The number of alkyl halides is 1. The summed E-state index contributed by atoms with van der Waals surface area (Å²) in [7, 11) is 1.71. The number of methoxy groups -OCH3 is 1. The molecular formula is C14H17Cl3N2O. The van der Waals surface area contributed by atoms with Crippen molar-refractivity contribution >= 4 is 45.8 Å². The van der Waals surface area contributed by atoms with E-state index >= 15 is 0 Å². The van der Waals surface area contributed by atoms with Crippen LogP contribution in [0.5, 0.6) is 0 Å². The Morgan fingerprint density at radius 3 is 2.65 bits per heavy atom. The van der Waals surface area contributed by atoms with Gasteiger partial charge in [-0.25, -0.2) is 4.98 Å². The fourth-order valence-electron chi connectivity index (χ4n) is 2.30. The lowest BCUT2D eigenvalue weighted by Crippen LogP contribution is -2.15. The van der Waals surface area contributed by atoms with E-state index < -0.39 is 0 Å². The molecule has 0 amide bonds. The lowest BCUT2D eigenvalue weighted by atomic mass is 10.2. The normalized spacial score (nSPS) is 13.1. The van der Waals surface area contributed by atoms with E-state index in [1.165, 1.54) is 0 Å². The van der Waals surface area contributed by atoms with Crippen LogP contribution in [0.4, 0.5) is 0 Å². The average Bonchev–Trinajstić information content (AvgIpc) is 2.69. The van der Waals surface area contributed by atoms with E-state index in [0.29, 0.717) is 34.9 Å². The minimum Gasteiger partial charge on any atom is -0.384 e. The van der Waals surface area contributed by atoms with Gasteiger partial charge in [-0.3, -0.25) is 0 Å². The number of aromatic nitrogens is 2. The third kappa shape index (κ3) is 3.40. The van der Waals surface area contributed by atoms with E-state index in [9.17, 15) is 0 Å². The molecule has 0 N–H and O–H groups in total. The lowest BCUT2D eigenvalue weighted by molar-refractivity contribution is 0.151. The van der Waals surface area contributed by atoms with E-state index in [-0.39, 0.29) is 0 Å². The summed E-state index contributed by atoms with van der Waals surface area (Å²) < 4.78 is 7.36. The van der Waals surface area contributed by atoms with Crippen molar-refractivity contribution in [2.24, 2.45) is 5.92 Å². The number of hydrogen-bond donors (Lipinski definition) is 0. The first-order valence-electron chi connectivity index (χ1n) is 6.45. The number of aryl methyl sites for hydroxylation is 1. The van der Waals surface area contributed by atoms with Crippen molar-refractivity contribution in [1.29, 1.82) is 0 Å². The van der Waals surface area contributed by atoms with Crippen molar-refractivity contribution in [2.45, 2.75) is 19.9 Å². The Kier molecular flexibility index (Phi) is 5.56. The highest BCUT2D eigenvalue weighted by Gasteiger charge is 2.15. The Morgan fingerprint density at radius 2 is 2.00 bits per heavy atom. The summed E-state index contributed by atoms with van der Waals surface area (Å²) in [6, 6.07) is 3.66. The molecule has 2 aromatic rings. The van der Waals surface area contributed by atoms with Gasteiger partial charge in [-0.05, 0) is 18.1 Å². The summed E-state index contributed by atoms with van der Waals surface area (Å²) in [6.07, 6.45) is 0.713. The fourth-order valence-corrected chi connectivity index (χ4v) is 2.78. The molecule has 0 aliphatic rings. The average molecular weight is 336 g/mol.